The molecule has 1 radical (unpaired) electrons. The van der Waals surface area contributed by atoms with E-state index in [4.69, 9.17) is 28.9 Å². The molecule has 49 valence electrons. The normalized spacial score (nSPS) is 20.2. The lowest BCUT2D eigenvalue weighted by Gasteiger charge is -2.09. The largest absolute Gasteiger partial charge is 0.370 e. The van der Waals surface area contributed by atoms with Crippen molar-refractivity contribution in [3.63, 3.8) is 0 Å². The van der Waals surface area contributed by atoms with Gasteiger partial charge in [-0.15, -0.1) is 0 Å². The Morgan fingerprint density at radius 3 is 2.44 bits per heavy atom. The van der Waals surface area contributed by atoms with Gasteiger partial charge >= 0.3 is 0 Å². The fourth-order valence-corrected chi connectivity index (χ4v) is 0.763. The van der Waals surface area contributed by atoms with Gasteiger partial charge in [0.25, 0.3) is 5.62 Å². The number of aliphatic imine (C=N–C) groups is 2. The molecule has 0 atom stereocenters. The number of guanidine groups is 1. The summed E-state index contributed by atoms with van der Waals surface area (Å²) in [5, 5.41) is 2.49. The third-order valence-electron chi connectivity index (χ3n) is 0.634. The second-order valence-corrected chi connectivity index (χ2v) is 1.99. The van der Waals surface area contributed by atoms with E-state index >= 15 is 0 Å². The maximum absolute atomic E-state index is 5.38. The van der Waals surface area contributed by atoms with Crippen LogP contribution in [-0.4, -0.2) is 11.3 Å². The third-order valence-corrected chi connectivity index (χ3v) is 0.982. The molecular formula is C3H3Cl2N4. The molecule has 1 aliphatic rings. The van der Waals surface area contributed by atoms with E-state index in [9.17, 15) is 0 Å². The highest BCUT2D eigenvalue weighted by atomic mass is 35.5. The highest BCUT2D eigenvalue weighted by Crippen LogP contribution is 2.08. The number of nitrogens with zero attached hydrogens (tertiary/aromatic N) is 2. The summed E-state index contributed by atoms with van der Waals surface area (Å²) < 4.78 is 0. The predicted molar refractivity (Wildman–Crippen MR) is 37.1 cm³/mol. The van der Waals surface area contributed by atoms with Crippen molar-refractivity contribution in [3.05, 3.63) is 5.62 Å². The fourth-order valence-electron chi connectivity index (χ4n) is 0.367. The zero-order valence-electron chi connectivity index (χ0n) is 4.23. The van der Waals surface area contributed by atoms with Crippen molar-refractivity contribution in [2.45, 2.75) is 0 Å². The zero-order valence-corrected chi connectivity index (χ0v) is 5.74. The minimum Gasteiger partial charge on any atom is -0.370 e. The van der Waals surface area contributed by atoms with Crippen molar-refractivity contribution in [3.8, 4) is 0 Å². The van der Waals surface area contributed by atoms with Gasteiger partial charge in [0.1, 0.15) is 0 Å². The first-order valence-electron chi connectivity index (χ1n) is 2.06. The summed E-state index contributed by atoms with van der Waals surface area (Å²) in [5.74, 6) is 0.153. The molecule has 0 unspecified atom stereocenters. The summed E-state index contributed by atoms with van der Waals surface area (Å²) in [6, 6.07) is 0. The van der Waals surface area contributed by atoms with E-state index in [0.29, 0.717) is 0 Å². The van der Waals surface area contributed by atoms with E-state index in [1.165, 1.54) is 0 Å². The molecule has 0 amide bonds. The number of nitrogens with two attached hydrogens (primary N) is 1. The molecule has 0 aromatic heterocycles. The molecule has 0 saturated heterocycles. The number of nitrogens with one attached hydrogen (secondary N) is 1. The Balaban J connectivity index is 2.74. The minimum absolute atomic E-state index is 0.0382. The average Bonchev–Trinajstić information content (AvgIpc) is 1.59. The first-order valence-corrected chi connectivity index (χ1v) is 2.82. The van der Waals surface area contributed by atoms with Gasteiger partial charge in [-0.3, -0.25) is 0 Å². The predicted octanol–water partition coefficient (Wildman–Crippen LogP) is 0.185. The summed E-state index contributed by atoms with van der Waals surface area (Å²) in [6.07, 6.45) is 0. The van der Waals surface area contributed by atoms with E-state index in [0.717, 1.165) is 0 Å². The molecule has 0 aromatic rings. The van der Waals surface area contributed by atoms with Gasteiger partial charge in [0.2, 0.25) is 5.29 Å². The minimum atomic E-state index is 0.0382. The van der Waals surface area contributed by atoms with E-state index in [1.54, 1.807) is 0 Å². The molecule has 1 rings (SSSR count). The standard InChI is InChI=1S/C3H3Cl2N4/c4-1-7-2(5)9-3(6)8-1/h(H3,6,7,8,9). The van der Waals surface area contributed by atoms with Gasteiger partial charge in [-0.2, -0.15) is 4.99 Å². The Morgan fingerprint density at radius 1 is 1.33 bits per heavy atom. The van der Waals surface area contributed by atoms with Crippen LogP contribution in [-0.2, 0) is 0 Å². The van der Waals surface area contributed by atoms with Crippen LogP contribution in [0.1, 0.15) is 0 Å². The number of hydrogen-bond donors (Lipinski definition) is 2. The van der Waals surface area contributed by atoms with Crippen LogP contribution in [0.4, 0.5) is 0 Å². The van der Waals surface area contributed by atoms with Gasteiger partial charge in [-0.05, 0) is 11.6 Å². The van der Waals surface area contributed by atoms with Crippen LogP contribution < -0.4 is 11.1 Å². The molecule has 0 bridgehead atoms. The monoisotopic (exact) mass is 165 g/mol. The van der Waals surface area contributed by atoms with Gasteiger partial charge in [0.05, 0.1) is 0 Å². The number of rotatable bonds is 0. The third kappa shape index (κ3) is 1.73. The molecule has 4 nitrogen and oxygen atoms in total. The van der Waals surface area contributed by atoms with Crippen molar-refractivity contribution in [1.82, 2.24) is 5.32 Å². The van der Waals surface area contributed by atoms with Crippen molar-refractivity contribution in [1.29, 1.82) is 0 Å². The van der Waals surface area contributed by atoms with Crippen LogP contribution in [0.3, 0.4) is 0 Å². The van der Waals surface area contributed by atoms with Crippen LogP contribution in [0.25, 0.3) is 0 Å². The SMILES string of the molecule is NC1=NC(Cl)=N[C](Cl)N1. The van der Waals surface area contributed by atoms with Gasteiger partial charge < -0.3 is 11.1 Å². The van der Waals surface area contributed by atoms with Gasteiger partial charge in [0.15, 0.2) is 5.96 Å². The van der Waals surface area contributed by atoms with E-state index in [-0.39, 0.29) is 16.9 Å². The zero-order chi connectivity index (χ0) is 6.85. The molecule has 3 N–H and O–H groups in total. The fraction of sp³-hybridized carbons (Fsp3) is 0. The van der Waals surface area contributed by atoms with Crippen LogP contribution in [0, 0.1) is 5.62 Å². The quantitative estimate of drug-likeness (QED) is 0.504. The van der Waals surface area contributed by atoms with Gasteiger partial charge in [-0.1, -0.05) is 11.6 Å². The topological polar surface area (TPSA) is 62.8 Å². The highest BCUT2D eigenvalue weighted by molar-refractivity contribution is 6.66. The number of amidine groups is 1. The molecule has 1 heterocycles. The van der Waals surface area contributed by atoms with Gasteiger partial charge in [0, 0.05) is 0 Å². The van der Waals surface area contributed by atoms with Crippen molar-refractivity contribution in [2.24, 2.45) is 15.7 Å². The Labute approximate surface area is 61.8 Å². The van der Waals surface area contributed by atoms with E-state index < -0.39 is 0 Å². The number of halogens is 2. The van der Waals surface area contributed by atoms with Crippen molar-refractivity contribution < 1.29 is 0 Å². The summed E-state index contributed by atoms with van der Waals surface area (Å²) >= 11 is 10.7. The van der Waals surface area contributed by atoms with Crippen molar-refractivity contribution in [2.75, 3.05) is 0 Å². The smallest absolute Gasteiger partial charge is 0.270 e. The summed E-state index contributed by atoms with van der Waals surface area (Å²) in [7, 11) is 0. The second-order valence-electron chi connectivity index (χ2n) is 1.29. The van der Waals surface area contributed by atoms with E-state index in [1.807, 2.05) is 0 Å². The van der Waals surface area contributed by atoms with E-state index in [2.05, 4.69) is 15.3 Å². The average molecular weight is 166 g/mol. The van der Waals surface area contributed by atoms with Crippen LogP contribution in [0.5, 0.6) is 0 Å². The molecule has 0 aliphatic carbocycles. The molecule has 0 fully saturated rings. The van der Waals surface area contributed by atoms with Crippen molar-refractivity contribution >= 4 is 34.5 Å². The lowest BCUT2D eigenvalue weighted by Crippen LogP contribution is -2.35. The molecule has 0 spiro atoms. The molecule has 1 aliphatic heterocycles. The molecule has 6 heteroatoms. The maximum Gasteiger partial charge on any atom is 0.270 e. The molecule has 0 aromatic carbocycles. The van der Waals surface area contributed by atoms with Crippen LogP contribution in [0.2, 0.25) is 0 Å². The molecule has 0 saturated carbocycles. The van der Waals surface area contributed by atoms with Gasteiger partial charge in [-0.25, -0.2) is 4.99 Å². The summed E-state index contributed by atoms with van der Waals surface area (Å²) in [5.41, 5.74) is 5.32. The molecular weight excluding hydrogens is 163 g/mol. The Bertz CT molecular complexity index is 175. The lowest BCUT2D eigenvalue weighted by atomic mass is 10.8. The Morgan fingerprint density at radius 2 is 2.00 bits per heavy atom. The lowest BCUT2D eigenvalue weighted by molar-refractivity contribution is 0.984. The second kappa shape index (κ2) is 2.41. The number of hydrogen-bond acceptors (Lipinski definition) is 4. The van der Waals surface area contributed by atoms with Crippen LogP contribution >= 0.6 is 23.2 Å². The summed E-state index contributed by atoms with van der Waals surface area (Å²) in [6.45, 7) is 0. The Kier molecular flexibility index (Phi) is 1.78. The highest BCUT2D eigenvalue weighted by Gasteiger charge is 2.11. The first-order chi connectivity index (χ1) is 4.18. The first kappa shape index (κ1) is 6.64. The van der Waals surface area contributed by atoms with Crippen LogP contribution in [0.15, 0.2) is 9.98 Å². The Hall–Kier alpha value is -0.480. The molecule has 9 heavy (non-hydrogen) atoms. The summed E-state index contributed by atoms with van der Waals surface area (Å²) in [4.78, 5) is 7.05. The maximum atomic E-state index is 5.38.